The number of benzene rings is 3. The Kier molecular flexibility index (Phi) is 6.00. The highest BCUT2D eigenvalue weighted by molar-refractivity contribution is 6.14. The van der Waals surface area contributed by atoms with Gasteiger partial charge in [-0.05, 0) is 48.9 Å². The molecule has 3 aromatic carbocycles. The number of rotatable bonds is 6. The summed E-state index contributed by atoms with van der Waals surface area (Å²) in [5, 5.41) is 19.0. The molecule has 0 fully saturated rings. The maximum atomic E-state index is 12.6. The molecule has 8 nitrogen and oxygen atoms in total. The van der Waals surface area contributed by atoms with Gasteiger partial charge in [0.15, 0.2) is 11.4 Å². The predicted molar refractivity (Wildman–Crippen MR) is 114 cm³/mol. The summed E-state index contributed by atoms with van der Waals surface area (Å²) in [5.41, 5.74) is 1.20. The summed E-state index contributed by atoms with van der Waals surface area (Å²) in [5.74, 6) is 0.337. The number of ether oxygens (including phenoxy) is 3. The highest BCUT2D eigenvalue weighted by Crippen LogP contribution is 2.35. The summed E-state index contributed by atoms with van der Waals surface area (Å²) in [7, 11) is 0. The van der Waals surface area contributed by atoms with Crippen molar-refractivity contribution in [3.05, 3.63) is 94.4 Å². The highest BCUT2D eigenvalue weighted by Gasteiger charge is 2.28. The minimum atomic E-state index is -1.14. The molecule has 0 amide bonds. The number of fused-ring (bicyclic) bond motifs is 1. The van der Waals surface area contributed by atoms with Crippen LogP contribution in [-0.2, 0) is 0 Å². The zero-order valence-corrected chi connectivity index (χ0v) is 17.0. The Morgan fingerprint density at radius 2 is 1.84 bits per heavy atom. The van der Waals surface area contributed by atoms with Crippen molar-refractivity contribution in [1.82, 2.24) is 0 Å². The van der Waals surface area contributed by atoms with Crippen molar-refractivity contribution < 1.29 is 34.2 Å². The Hall–Kier alpha value is -3.98. The van der Waals surface area contributed by atoms with E-state index in [2.05, 4.69) is 0 Å². The van der Waals surface area contributed by atoms with Crippen molar-refractivity contribution in [2.24, 2.45) is 0 Å². The SMILES string of the molecule is CCOc1ccc(C=C2Oc3cc(OC(=O)c4cccc([NH+]([O-])O)c4)ccc3C2=O)cc1. The van der Waals surface area contributed by atoms with E-state index in [1.165, 1.54) is 42.5 Å². The van der Waals surface area contributed by atoms with E-state index in [1.54, 1.807) is 18.2 Å². The first kappa shape index (κ1) is 21.3. The molecule has 0 saturated carbocycles. The fourth-order valence-corrected chi connectivity index (χ4v) is 3.15. The van der Waals surface area contributed by atoms with Gasteiger partial charge in [0.05, 0.1) is 17.7 Å². The van der Waals surface area contributed by atoms with Gasteiger partial charge in [-0.2, -0.15) is 5.23 Å². The highest BCUT2D eigenvalue weighted by atomic mass is 16.8. The van der Waals surface area contributed by atoms with Gasteiger partial charge >= 0.3 is 5.97 Å². The summed E-state index contributed by atoms with van der Waals surface area (Å²) in [6, 6.07) is 17.2. The number of ketones is 1. The molecule has 1 heterocycles. The lowest BCUT2D eigenvalue weighted by molar-refractivity contribution is -0.991. The topological polar surface area (TPSA) is 110 Å². The summed E-state index contributed by atoms with van der Waals surface area (Å²) < 4.78 is 16.4. The van der Waals surface area contributed by atoms with Crippen LogP contribution in [0.2, 0.25) is 0 Å². The van der Waals surface area contributed by atoms with Crippen LogP contribution in [0.5, 0.6) is 17.2 Å². The number of allylic oxidation sites excluding steroid dienone is 1. The molecule has 0 saturated heterocycles. The molecule has 1 unspecified atom stereocenters. The Morgan fingerprint density at radius 1 is 1.09 bits per heavy atom. The lowest BCUT2D eigenvalue weighted by Crippen LogP contribution is -2.99. The Labute approximate surface area is 183 Å². The molecule has 0 bridgehead atoms. The summed E-state index contributed by atoms with van der Waals surface area (Å²) in [6.45, 7) is 2.46. The number of carbonyl (C=O) groups excluding carboxylic acids is 2. The Morgan fingerprint density at radius 3 is 2.56 bits per heavy atom. The van der Waals surface area contributed by atoms with Gasteiger partial charge in [-0.15, -0.1) is 0 Å². The first-order valence-electron chi connectivity index (χ1n) is 9.81. The van der Waals surface area contributed by atoms with Gasteiger partial charge in [-0.1, -0.05) is 18.2 Å². The molecule has 4 rings (SSSR count). The molecule has 1 aliphatic heterocycles. The molecular formula is C24H19NO7. The van der Waals surface area contributed by atoms with Gasteiger partial charge in [-0.25, -0.2) is 10.0 Å². The Bertz CT molecular complexity index is 1200. The van der Waals surface area contributed by atoms with E-state index in [0.717, 1.165) is 11.3 Å². The monoisotopic (exact) mass is 433 g/mol. The quantitative estimate of drug-likeness (QED) is 0.266. The van der Waals surface area contributed by atoms with Crippen molar-refractivity contribution in [3.63, 3.8) is 0 Å². The van der Waals surface area contributed by atoms with Crippen LogP contribution < -0.4 is 19.4 Å². The van der Waals surface area contributed by atoms with Gasteiger partial charge < -0.3 is 19.4 Å². The van der Waals surface area contributed by atoms with E-state index in [4.69, 9.17) is 19.4 Å². The van der Waals surface area contributed by atoms with Crippen molar-refractivity contribution in [2.75, 3.05) is 6.61 Å². The lowest BCUT2D eigenvalue weighted by Gasteiger charge is -2.12. The maximum Gasteiger partial charge on any atom is 0.343 e. The first-order chi connectivity index (χ1) is 15.4. The fourth-order valence-electron chi connectivity index (χ4n) is 3.15. The number of carbonyl (C=O) groups is 2. The van der Waals surface area contributed by atoms with Crippen LogP contribution in [-0.4, -0.2) is 23.6 Å². The van der Waals surface area contributed by atoms with Crippen molar-refractivity contribution in [1.29, 1.82) is 0 Å². The zero-order chi connectivity index (χ0) is 22.7. The zero-order valence-electron chi connectivity index (χ0n) is 17.0. The number of esters is 1. The van der Waals surface area contributed by atoms with Gasteiger partial charge in [0.2, 0.25) is 5.78 Å². The number of hydrogen-bond acceptors (Lipinski definition) is 7. The molecule has 162 valence electrons. The summed E-state index contributed by atoms with van der Waals surface area (Å²) in [4.78, 5) is 25.0. The third-order valence-electron chi connectivity index (χ3n) is 4.69. The van der Waals surface area contributed by atoms with Crippen LogP contribution in [0.15, 0.2) is 72.5 Å². The van der Waals surface area contributed by atoms with E-state index in [1.807, 2.05) is 19.1 Å². The average Bonchev–Trinajstić information content (AvgIpc) is 3.10. The number of nitrogens with one attached hydrogen (secondary N) is 1. The second-order valence-electron chi connectivity index (χ2n) is 6.88. The molecule has 8 heteroatoms. The second-order valence-corrected chi connectivity index (χ2v) is 6.88. The third-order valence-corrected chi connectivity index (χ3v) is 4.69. The molecule has 0 aromatic heterocycles. The molecular weight excluding hydrogens is 414 g/mol. The number of hydrogen-bond donors (Lipinski definition) is 2. The van der Waals surface area contributed by atoms with E-state index in [9.17, 15) is 14.8 Å². The summed E-state index contributed by atoms with van der Waals surface area (Å²) >= 11 is 0. The van der Waals surface area contributed by atoms with Crippen LogP contribution >= 0.6 is 0 Å². The predicted octanol–water partition coefficient (Wildman–Crippen LogP) is 3.32. The molecule has 0 aliphatic carbocycles. The largest absolute Gasteiger partial charge is 0.595 e. The smallest absolute Gasteiger partial charge is 0.343 e. The minimum absolute atomic E-state index is 0.0219. The molecule has 0 spiro atoms. The molecule has 2 N–H and O–H groups in total. The van der Waals surface area contributed by atoms with Gasteiger partial charge in [-0.3, -0.25) is 4.79 Å². The van der Waals surface area contributed by atoms with Crippen LogP contribution in [0.4, 0.5) is 5.69 Å². The van der Waals surface area contributed by atoms with Crippen molar-refractivity contribution >= 4 is 23.5 Å². The van der Waals surface area contributed by atoms with Gasteiger partial charge in [0.25, 0.3) is 0 Å². The molecule has 1 atom stereocenters. The van der Waals surface area contributed by atoms with Gasteiger partial charge in [0.1, 0.15) is 17.2 Å². The maximum absolute atomic E-state index is 12.6. The van der Waals surface area contributed by atoms with E-state index < -0.39 is 11.2 Å². The molecule has 32 heavy (non-hydrogen) atoms. The fraction of sp³-hybridized carbons (Fsp3) is 0.0833. The normalized spacial score (nSPS) is 14.6. The standard InChI is InChI=1S/C24H19NO7/c1-2-30-18-8-6-15(7-9-18)12-22-23(26)20-11-10-19(14-21(20)32-22)31-24(27)16-4-3-5-17(13-16)25(28)29/h3-14,25,28H,2H2,1H3. The van der Waals surface area contributed by atoms with Crippen molar-refractivity contribution in [2.45, 2.75) is 6.92 Å². The first-order valence-corrected chi connectivity index (χ1v) is 9.81. The summed E-state index contributed by atoms with van der Waals surface area (Å²) in [6.07, 6.45) is 1.63. The second kappa shape index (κ2) is 9.03. The molecule has 0 radical (unpaired) electrons. The minimum Gasteiger partial charge on any atom is -0.595 e. The van der Waals surface area contributed by atoms with Crippen molar-refractivity contribution in [3.8, 4) is 17.2 Å². The van der Waals surface area contributed by atoms with E-state index in [-0.39, 0.29) is 34.3 Å². The van der Waals surface area contributed by atoms with Crippen LogP contribution in [0.3, 0.4) is 0 Å². The number of Topliss-reactive ketones (excluding diaryl/α,β-unsaturated/α-hetero) is 1. The van der Waals surface area contributed by atoms with Crippen LogP contribution in [0, 0.1) is 5.21 Å². The average molecular weight is 433 g/mol. The Balaban J connectivity index is 1.50. The van der Waals surface area contributed by atoms with Crippen LogP contribution in [0.25, 0.3) is 6.08 Å². The van der Waals surface area contributed by atoms with Gasteiger partial charge in [0, 0.05) is 18.2 Å². The number of quaternary nitrogens is 1. The molecule has 1 aliphatic rings. The third kappa shape index (κ3) is 4.52. The molecule has 3 aromatic rings. The van der Waals surface area contributed by atoms with E-state index >= 15 is 0 Å². The lowest BCUT2D eigenvalue weighted by atomic mass is 10.1. The van der Waals surface area contributed by atoms with Crippen LogP contribution in [0.1, 0.15) is 33.2 Å². The van der Waals surface area contributed by atoms with E-state index in [0.29, 0.717) is 12.2 Å².